The first kappa shape index (κ1) is 26.9. The summed E-state index contributed by atoms with van der Waals surface area (Å²) in [6.45, 7) is 9.67. The van der Waals surface area contributed by atoms with Gasteiger partial charge in [0.15, 0.2) is 0 Å². The van der Waals surface area contributed by atoms with Crippen LogP contribution in [0.15, 0.2) is 0 Å². The molecule has 0 aromatic carbocycles. The number of hydrogen-bond acceptors (Lipinski definition) is 4. The van der Waals surface area contributed by atoms with Gasteiger partial charge in [-0.25, -0.2) is 0 Å². The van der Waals surface area contributed by atoms with Crippen LogP contribution in [0.2, 0.25) is 0 Å². The molecule has 0 aromatic rings. The second-order valence-electron chi connectivity index (χ2n) is 8.35. The van der Waals surface area contributed by atoms with Crippen molar-refractivity contribution in [2.75, 3.05) is 13.2 Å². The van der Waals surface area contributed by atoms with E-state index < -0.39 is 0 Å². The van der Waals surface area contributed by atoms with Gasteiger partial charge < -0.3 is 9.47 Å². The van der Waals surface area contributed by atoms with Crippen molar-refractivity contribution >= 4 is 11.9 Å². The number of carbonyl (C=O) groups excluding carboxylic acids is 2. The molecule has 166 valence electrons. The monoisotopic (exact) mass is 398 g/mol. The third-order valence-electron chi connectivity index (χ3n) is 5.30. The Hall–Kier alpha value is -1.06. The number of ether oxygens (including phenoxy) is 2. The van der Waals surface area contributed by atoms with Gasteiger partial charge in [-0.15, -0.1) is 0 Å². The molecular formula is C24H46O4. The second kappa shape index (κ2) is 19.3. The predicted octanol–water partition coefficient (Wildman–Crippen LogP) is 6.85. The lowest BCUT2D eigenvalue weighted by Crippen LogP contribution is -2.13. The maximum Gasteiger partial charge on any atom is 0.305 e. The molecule has 0 radical (unpaired) electrons. The lowest BCUT2D eigenvalue weighted by Gasteiger charge is -2.20. The Balaban J connectivity index is 3.57. The molecule has 1 atom stereocenters. The van der Waals surface area contributed by atoms with Gasteiger partial charge in [0.25, 0.3) is 0 Å². The van der Waals surface area contributed by atoms with Gasteiger partial charge >= 0.3 is 11.9 Å². The van der Waals surface area contributed by atoms with Crippen LogP contribution in [0.5, 0.6) is 0 Å². The van der Waals surface area contributed by atoms with Crippen LogP contribution in [0.1, 0.15) is 118 Å². The molecule has 0 aliphatic heterocycles. The molecular weight excluding hydrogens is 352 g/mol. The fraction of sp³-hybridized carbons (Fsp3) is 0.917. The molecule has 0 amide bonds. The van der Waals surface area contributed by atoms with Crippen molar-refractivity contribution in [2.24, 2.45) is 11.8 Å². The Morgan fingerprint density at radius 2 is 1.11 bits per heavy atom. The number of carbonyl (C=O) groups is 2. The summed E-state index contributed by atoms with van der Waals surface area (Å²) in [5.74, 6) is 1.18. The normalized spacial score (nSPS) is 12.2. The molecule has 4 heteroatoms. The van der Waals surface area contributed by atoms with Gasteiger partial charge in [0, 0.05) is 12.8 Å². The van der Waals surface area contributed by atoms with Gasteiger partial charge in [0.1, 0.15) is 0 Å². The van der Waals surface area contributed by atoms with Crippen molar-refractivity contribution in [2.45, 2.75) is 118 Å². The van der Waals surface area contributed by atoms with Crippen LogP contribution in [0.4, 0.5) is 0 Å². The van der Waals surface area contributed by atoms with E-state index in [1.54, 1.807) is 0 Å². The van der Waals surface area contributed by atoms with Crippen LogP contribution in [0.25, 0.3) is 0 Å². The van der Waals surface area contributed by atoms with Crippen LogP contribution < -0.4 is 0 Å². The summed E-state index contributed by atoms with van der Waals surface area (Å²) >= 11 is 0. The van der Waals surface area contributed by atoms with Gasteiger partial charge in [0.05, 0.1) is 13.2 Å². The summed E-state index contributed by atoms with van der Waals surface area (Å²) in [6, 6.07) is 0. The van der Waals surface area contributed by atoms with Gasteiger partial charge in [-0.2, -0.15) is 0 Å². The van der Waals surface area contributed by atoms with Gasteiger partial charge in [-0.05, 0) is 37.5 Å². The first-order valence-electron chi connectivity index (χ1n) is 11.8. The molecule has 0 saturated carbocycles. The first-order chi connectivity index (χ1) is 13.5. The summed E-state index contributed by atoms with van der Waals surface area (Å²) in [4.78, 5) is 23.1. The van der Waals surface area contributed by atoms with E-state index in [9.17, 15) is 9.59 Å². The minimum absolute atomic E-state index is 0.0360. The molecule has 1 unspecified atom stereocenters. The Morgan fingerprint density at radius 3 is 1.61 bits per heavy atom. The molecule has 0 heterocycles. The van der Waals surface area contributed by atoms with Crippen molar-refractivity contribution in [3.63, 3.8) is 0 Å². The zero-order valence-electron chi connectivity index (χ0n) is 19.1. The predicted molar refractivity (Wildman–Crippen MR) is 116 cm³/mol. The van der Waals surface area contributed by atoms with E-state index in [-0.39, 0.29) is 11.9 Å². The summed E-state index contributed by atoms with van der Waals surface area (Å²) in [5.41, 5.74) is 0. The molecule has 0 fully saturated rings. The molecule has 0 spiro atoms. The quantitative estimate of drug-likeness (QED) is 0.176. The molecule has 4 nitrogen and oxygen atoms in total. The van der Waals surface area contributed by atoms with E-state index in [1.165, 1.54) is 44.9 Å². The Labute approximate surface area is 174 Å². The average molecular weight is 399 g/mol. The highest BCUT2D eigenvalue weighted by atomic mass is 16.5. The van der Waals surface area contributed by atoms with E-state index >= 15 is 0 Å². The standard InChI is InChI=1S/C24H46O4/c1-5-19-27-23(25)16-14-12-10-8-7-9-11-13-15-22(21(3)4)17-18-24(26)28-20-6-2/h21-22H,5-20H2,1-4H3. The topological polar surface area (TPSA) is 52.6 Å². The second-order valence-corrected chi connectivity index (χ2v) is 8.35. The van der Waals surface area contributed by atoms with E-state index in [0.717, 1.165) is 32.1 Å². The minimum atomic E-state index is -0.0415. The molecule has 0 aromatic heterocycles. The van der Waals surface area contributed by atoms with Gasteiger partial charge in [-0.3, -0.25) is 9.59 Å². The van der Waals surface area contributed by atoms with E-state index in [1.807, 2.05) is 13.8 Å². The molecule has 0 bridgehead atoms. The molecule has 0 aliphatic carbocycles. The van der Waals surface area contributed by atoms with Crippen molar-refractivity contribution < 1.29 is 19.1 Å². The van der Waals surface area contributed by atoms with Crippen LogP contribution in [0, 0.1) is 11.8 Å². The lowest BCUT2D eigenvalue weighted by molar-refractivity contribution is -0.144. The summed E-state index contributed by atoms with van der Waals surface area (Å²) in [6.07, 6.45) is 14.8. The maximum atomic E-state index is 11.7. The smallest absolute Gasteiger partial charge is 0.305 e. The van der Waals surface area contributed by atoms with Crippen LogP contribution in [0.3, 0.4) is 0 Å². The third-order valence-corrected chi connectivity index (χ3v) is 5.30. The fourth-order valence-electron chi connectivity index (χ4n) is 3.43. The fourth-order valence-corrected chi connectivity index (χ4v) is 3.43. The SMILES string of the molecule is CCCOC(=O)CCCCCCCCCCC(CCC(=O)OCCC)C(C)C. The third kappa shape index (κ3) is 17.1. The molecule has 0 N–H and O–H groups in total. The minimum Gasteiger partial charge on any atom is -0.466 e. The Bertz CT molecular complexity index is 379. The summed E-state index contributed by atoms with van der Waals surface area (Å²) < 4.78 is 10.3. The van der Waals surface area contributed by atoms with E-state index in [2.05, 4.69) is 13.8 Å². The number of hydrogen-bond donors (Lipinski definition) is 0. The first-order valence-corrected chi connectivity index (χ1v) is 11.8. The average Bonchev–Trinajstić information content (AvgIpc) is 2.67. The number of rotatable bonds is 19. The van der Waals surface area contributed by atoms with Gasteiger partial charge in [-0.1, -0.05) is 79.1 Å². The lowest BCUT2D eigenvalue weighted by atomic mass is 9.86. The zero-order chi connectivity index (χ0) is 21.0. The number of unbranched alkanes of at least 4 members (excludes halogenated alkanes) is 7. The van der Waals surface area contributed by atoms with Crippen molar-refractivity contribution in [1.82, 2.24) is 0 Å². The molecule has 0 saturated heterocycles. The number of esters is 2. The van der Waals surface area contributed by atoms with E-state index in [0.29, 0.717) is 37.9 Å². The van der Waals surface area contributed by atoms with Crippen LogP contribution in [-0.4, -0.2) is 25.2 Å². The zero-order valence-corrected chi connectivity index (χ0v) is 19.1. The van der Waals surface area contributed by atoms with Crippen LogP contribution >= 0.6 is 0 Å². The maximum absolute atomic E-state index is 11.7. The Kier molecular flexibility index (Phi) is 18.5. The highest BCUT2D eigenvalue weighted by Crippen LogP contribution is 2.24. The summed E-state index contributed by atoms with van der Waals surface area (Å²) in [7, 11) is 0. The van der Waals surface area contributed by atoms with Crippen molar-refractivity contribution in [1.29, 1.82) is 0 Å². The van der Waals surface area contributed by atoms with Crippen molar-refractivity contribution in [3.05, 3.63) is 0 Å². The molecule has 28 heavy (non-hydrogen) atoms. The van der Waals surface area contributed by atoms with Crippen molar-refractivity contribution in [3.8, 4) is 0 Å². The van der Waals surface area contributed by atoms with Gasteiger partial charge in [0.2, 0.25) is 0 Å². The largest absolute Gasteiger partial charge is 0.466 e. The highest BCUT2D eigenvalue weighted by molar-refractivity contribution is 5.69. The van der Waals surface area contributed by atoms with Crippen LogP contribution in [-0.2, 0) is 19.1 Å². The summed E-state index contributed by atoms with van der Waals surface area (Å²) in [5, 5.41) is 0. The molecule has 0 rings (SSSR count). The van der Waals surface area contributed by atoms with E-state index in [4.69, 9.17) is 9.47 Å². The Morgan fingerprint density at radius 1 is 0.643 bits per heavy atom. The highest BCUT2D eigenvalue weighted by Gasteiger charge is 2.15. The molecule has 0 aliphatic rings.